The van der Waals surface area contributed by atoms with Crippen molar-refractivity contribution in [3.05, 3.63) is 41.3 Å². The lowest BCUT2D eigenvalue weighted by Crippen LogP contribution is -2.47. The third kappa shape index (κ3) is 6.45. The highest BCUT2D eigenvalue weighted by Gasteiger charge is 2.23. The number of hydrogen-bond donors (Lipinski definition) is 2. The fourth-order valence-electron chi connectivity index (χ4n) is 3.60. The van der Waals surface area contributed by atoms with E-state index < -0.39 is 0 Å². The van der Waals surface area contributed by atoms with E-state index in [1.807, 2.05) is 18.2 Å². The van der Waals surface area contributed by atoms with Crippen LogP contribution in [0.5, 0.6) is 11.5 Å². The van der Waals surface area contributed by atoms with Crippen LogP contribution in [0.15, 0.2) is 28.8 Å². The second kappa shape index (κ2) is 10.8. The first-order valence-corrected chi connectivity index (χ1v) is 10.4. The summed E-state index contributed by atoms with van der Waals surface area (Å²) >= 11 is 0. The number of nitrogens with zero attached hydrogens (tertiary/aromatic N) is 2. The van der Waals surface area contributed by atoms with Crippen molar-refractivity contribution < 1.29 is 23.6 Å². The first kappa shape index (κ1) is 22.6. The molecule has 0 unspecified atom stereocenters. The summed E-state index contributed by atoms with van der Waals surface area (Å²) in [7, 11) is 3.21. The maximum absolute atomic E-state index is 12.3. The molecule has 1 aromatic carbocycles. The van der Waals surface area contributed by atoms with Gasteiger partial charge in [-0.15, -0.1) is 0 Å². The summed E-state index contributed by atoms with van der Waals surface area (Å²) in [5, 5.41) is 9.68. The van der Waals surface area contributed by atoms with E-state index in [0.29, 0.717) is 36.7 Å². The predicted molar refractivity (Wildman–Crippen MR) is 114 cm³/mol. The monoisotopic (exact) mass is 430 g/mol. The number of aryl methyl sites for hydroxylation is 1. The summed E-state index contributed by atoms with van der Waals surface area (Å²) in [6, 6.07) is 7.44. The fourth-order valence-corrected chi connectivity index (χ4v) is 3.60. The van der Waals surface area contributed by atoms with Gasteiger partial charge in [0, 0.05) is 31.7 Å². The molecule has 2 heterocycles. The molecular formula is C22H30N4O5. The van der Waals surface area contributed by atoms with E-state index in [4.69, 9.17) is 14.0 Å². The van der Waals surface area contributed by atoms with Crippen LogP contribution in [-0.2, 0) is 11.2 Å². The van der Waals surface area contributed by atoms with E-state index in [9.17, 15) is 9.59 Å². The molecule has 2 N–H and O–H groups in total. The van der Waals surface area contributed by atoms with Gasteiger partial charge < -0.3 is 24.6 Å². The Labute approximate surface area is 182 Å². The van der Waals surface area contributed by atoms with Gasteiger partial charge in [-0.2, -0.15) is 0 Å². The Kier molecular flexibility index (Phi) is 7.88. The molecule has 1 aromatic heterocycles. The van der Waals surface area contributed by atoms with Crippen molar-refractivity contribution in [1.82, 2.24) is 20.7 Å². The van der Waals surface area contributed by atoms with E-state index in [0.717, 1.165) is 31.5 Å². The molecule has 3 rings (SSSR count). The molecule has 0 radical (unpaired) electrons. The van der Waals surface area contributed by atoms with Gasteiger partial charge in [-0.3, -0.25) is 14.5 Å². The van der Waals surface area contributed by atoms with Gasteiger partial charge in [-0.05, 0) is 43.9 Å². The Morgan fingerprint density at radius 3 is 2.55 bits per heavy atom. The summed E-state index contributed by atoms with van der Waals surface area (Å²) < 4.78 is 15.5. The molecule has 1 saturated heterocycles. The van der Waals surface area contributed by atoms with Gasteiger partial charge in [-0.1, -0.05) is 11.2 Å². The van der Waals surface area contributed by atoms with Crippen molar-refractivity contribution in [3.63, 3.8) is 0 Å². The zero-order valence-electron chi connectivity index (χ0n) is 18.3. The first-order valence-electron chi connectivity index (χ1n) is 10.4. The standard InChI is InChI=1S/C22H30N4O5/c1-15-12-20(31-25-15)22(28)24-17-7-10-26(11-8-17)14-21(27)23-9-6-16-4-5-18(29-2)19(13-16)30-3/h4-5,12-13,17H,6-11,14H2,1-3H3,(H,23,27)(H,24,28). The van der Waals surface area contributed by atoms with Crippen molar-refractivity contribution in [2.24, 2.45) is 0 Å². The number of hydrogen-bond acceptors (Lipinski definition) is 7. The lowest BCUT2D eigenvalue weighted by atomic mass is 10.0. The number of methoxy groups -OCH3 is 2. The molecule has 9 heteroatoms. The van der Waals surface area contributed by atoms with Gasteiger partial charge in [0.2, 0.25) is 11.7 Å². The number of nitrogens with one attached hydrogen (secondary N) is 2. The molecular weight excluding hydrogens is 400 g/mol. The largest absolute Gasteiger partial charge is 0.493 e. The topological polar surface area (TPSA) is 106 Å². The van der Waals surface area contributed by atoms with E-state index in [1.54, 1.807) is 27.2 Å². The second-order valence-electron chi connectivity index (χ2n) is 7.65. The molecule has 2 aromatic rings. The molecule has 1 fully saturated rings. The van der Waals surface area contributed by atoms with Crippen LogP contribution in [-0.4, -0.2) is 68.3 Å². The summed E-state index contributed by atoms with van der Waals surface area (Å²) in [6.07, 6.45) is 2.29. The van der Waals surface area contributed by atoms with Crippen LogP contribution in [0.2, 0.25) is 0 Å². The minimum Gasteiger partial charge on any atom is -0.493 e. The Hall–Kier alpha value is -3.07. The van der Waals surface area contributed by atoms with Crippen LogP contribution < -0.4 is 20.1 Å². The quantitative estimate of drug-likeness (QED) is 0.622. The third-order valence-electron chi connectivity index (χ3n) is 5.33. The summed E-state index contributed by atoms with van der Waals surface area (Å²) in [6.45, 7) is 4.19. The Balaban J connectivity index is 1.35. The smallest absolute Gasteiger partial charge is 0.290 e. The summed E-state index contributed by atoms with van der Waals surface area (Å²) in [4.78, 5) is 26.5. The lowest BCUT2D eigenvalue weighted by molar-refractivity contribution is -0.122. The number of aromatic nitrogens is 1. The zero-order valence-corrected chi connectivity index (χ0v) is 18.3. The van der Waals surface area contributed by atoms with Crippen molar-refractivity contribution >= 4 is 11.8 Å². The molecule has 31 heavy (non-hydrogen) atoms. The molecule has 2 amide bonds. The predicted octanol–water partition coefficient (Wildman–Crippen LogP) is 1.55. The van der Waals surface area contributed by atoms with Gasteiger partial charge in [-0.25, -0.2) is 0 Å². The maximum Gasteiger partial charge on any atom is 0.290 e. The van der Waals surface area contributed by atoms with Crippen LogP contribution in [0.3, 0.4) is 0 Å². The first-order chi connectivity index (χ1) is 15.0. The van der Waals surface area contributed by atoms with Crippen LogP contribution in [0.4, 0.5) is 0 Å². The van der Waals surface area contributed by atoms with Crippen LogP contribution in [0.25, 0.3) is 0 Å². The van der Waals surface area contributed by atoms with Crippen molar-refractivity contribution in [3.8, 4) is 11.5 Å². The lowest BCUT2D eigenvalue weighted by Gasteiger charge is -2.31. The number of benzene rings is 1. The van der Waals surface area contributed by atoms with Gasteiger partial charge in [0.1, 0.15) is 0 Å². The number of ether oxygens (including phenoxy) is 2. The average Bonchev–Trinajstić information content (AvgIpc) is 3.21. The maximum atomic E-state index is 12.3. The van der Waals surface area contributed by atoms with Gasteiger partial charge in [0.25, 0.3) is 5.91 Å². The highest BCUT2D eigenvalue weighted by molar-refractivity contribution is 5.91. The summed E-state index contributed by atoms with van der Waals surface area (Å²) in [5.74, 6) is 1.35. The highest BCUT2D eigenvalue weighted by atomic mass is 16.5. The van der Waals surface area contributed by atoms with Crippen LogP contribution in [0, 0.1) is 6.92 Å². The van der Waals surface area contributed by atoms with Crippen molar-refractivity contribution in [1.29, 1.82) is 0 Å². The molecule has 168 valence electrons. The Morgan fingerprint density at radius 2 is 1.90 bits per heavy atom. The number of carbonyl (C=O) groups excluding carboxylic acids is 2. The molecule has 9 nitrogen and oxygen atoms in total. The van der Waals surface area contributed by atoms with Gasteiger partial charge >= 0.3 is 0 Å². The number of rotatable bonds is 9. The minimum atomic E-state index is -0.244. The normalized spacial score (nSPS) is 14.8. The Morgan fingerprint density at radius 1 is 1.16 bits per heavy atom. The number of piperidine rings is 1. The zero-order chi connectivity index (χ0) is 22.2. The van der Waals surface area contributed by atoms with Crippen molar-refractivity contribution in [2.75, 3.05) is 40.4 Å². The molecule has 0 atom stereocenters. The molecule has 1 aliphatic heterocycles. The van der Waals surface area contributed by atoms with Crippen molar-refractivity contribution in [2.45, 2.75) is 32.2 Å². The molecule has 0 saturated carbocycles. The molecule has 0 aliphatic carbocycles. The van der Waals surface area contributed by atoms with E-state index in [1.165, 1.54) is 0 Å². The average molecular weight is 431 g/mol. The number of amides is 2. The minimum absolute atomic E-state index is 0.0000902. The second-order valence-corrected chi connectivity index (χ2v) is 7.65. The van der Waals surface area contributed by atoms with E-state index in [2.05, 4.69) is 20.7 Å². The molecule has 0 bridgehead atoms. The highest BCUT2D eigenvalue weighted by Crippen LogP contribution is 2.27. The van der Waals surface area contributed by atoms with Gasteiger partial charge in [0.15, 0.2) is 11.5 Å². The third-order valence-corrected chi connectivity index (χ3v) is 5.33. The van der Waals surface area contributed by atoms with E-state index >= 15 is 0 Å². The van der Waals surface area contributed by atoms with E-state index in [-0.39, 0.29) is 23.6 Å². The SMILES string of the molecule is COc1ccc(CCNC(=O)CN2CCC(NC(=O)c3cc(C)no3)CC2)cc1OC. The number of likely N-dealkylation sites (tertiary alicyclic amines) is 1. The fraction of sp³-hybridized carbons (Fsp3) is 0.500. The molecule has 1 aliphatic rings. The Bertz CT molecular complexity index is 890. The van der Waals surface area contributed by atoms with Crippen LogP contribution in [0.1, 0.15) is 34.7 Å². The molecule has 0 spiro atoms. The van der Waals surface area contributed by atoms with Crippen LogP contribution >= 0.6 is 0 Å². The summed E-state index contributed by atoms with van der Waals surface area (Å²) in [5.41, 5.74) is 1.74. The van der Waals surface area contributed by atoms with Gasteiger partial charge in [0.05, 0.1) is 26.5 Å². The number of carbonyl (C=O) groups is 2.